The minimum Gasteiger partial charge on any atom is -0.334 e. The summed E-state index contributed by atoms with van der Waals surface area (Å²) in [6.07, 6.45) is 2.56. The van der Waals surface area contributed by atoms with Gasteiger partial charge in [-0.15, -0.1) is 0 Å². The van der Waals surface area contributed by atoms with Gasteiger partial charge in [-0.25, -0.2) is 0 Å². The second kappa shape index (κ2) is 7.10. The van der Waals surface area contributed by atoms with E-state index in [1.807, 2.05) is 0 Å². The van der Waals surface area contributed by atoms with Gasteiger partial charge >= 0.3 is 0 Å². The van der Waals surface area contributed by atoms with Crippen LogP contribution in [-0.4, -0.2) is 5.54 Å². The maximum atomic E-state index is 2.65. The van der Waals surface area contributed by atoms with Gasteiger partial charge in [0.05, 0.1) is 5.54 Å². The number of hydrogen-bond donors (Lipinski definition) is 0. The smallest absolute Gasteiger partial charge is 0.0518 e. The zero-order valence-electron chi connectivity index (χ0n) is 21.2. The second-order valence-corrected chi connectivity index (χ2v) is 11.6. The Morgan fingerprint density at radius 2 is 1.37 bits per heavy atom. The molecule has 174 valence electrons. The Kier molecular flexibility index (Phi) is 4.26. The zero-order chi connectivity index (χ0) is 23.9. The Morgan fingerprint density at radius 3 is 2.20 bits per heavy atom. The molecule has 35 heavy (non-hydrogen) atoms. The molecule has 0 spiro atoms. The Bertz CT molecular complexity index is 1460. The van der Waals surface area contributed by atoms with Crippen LogP contribution in [-0.2, 0) is 5.41 Å². The van der Waals surface area contributed by atoms with E-state index in [2.05, 4.69) is 124 Å². The summed E-state index contributed by atoms with van der Waals surface area (Å²) in [7, 11) is 0. The molecule has 7 rings (SSSR count). The minimum absolute atomic E-state index is 0.0300. The molecule has 0 aromatic heterocycles. The fraction of sp³-hybridized carbons (Fsp3) is 0.294. The number of fused-ring (bicyclic) bond motifs is 6. The zero-order valence-corrected chi connectivity index (χ0v) is 21.2. The fourth-order valence-corrected chi connectivity index (χ4v) is 7.55. The van der Waals surface area contributed by atoms with E-state index in [0.29, 0.717) is 11.8 Å². The van der Waals surface area contributed by atoms with E-state index in [-0.39, 0.29) is 11.0 Å². The van der Waals surface area contributed by atoms with Crippen molar-refractivity contribution >= 4 is 11.4 Å². The third-order valence-corrected chi connectivity index (χ3v) is 9.65. The van der Waals surface area contributed by atoms with Crippen LogP contribution in [0.3, 0.4) is 0 Å². The average Bonchev–Trinajstić information content (AvgIpc) is 3.41. The van der Waals surface area contributed by atoms with Gasteiger partial charge in [-0.3, -0.25) is 0 Å². The molecule has 0 bridgehead atoms. The van der Waals surface area contributed by atoms with Crippen molar-refractivity contribution in [1.29, 1.82) is 0 Å². The van der Waals surface area contributed by atoms with Crippen LogP contribution in [0.2, 0.25) is 0 Å². The molecule has 1 nitrogen and oxygen atoms in total. The number of hydrogen-bond acceptors (Lipinski definition) is 1. The van der Waals surface area contributed by atoms with Crippen LogP contribution in [0.15, 0.2) is 91.0 Å². The van der Waals surface area contributed by atoms with Crippen molar-refractivity contribution in [3.63, 3.8) is 0 Å². The summed E-state index contributed by atoms with van der Waals surface area (Å²) in [6, 6.07) is 34.3. The summed E-state index contributed by atoms with van der Waals surface area (Å²) >= 11 is 0. The normalized spacial score (nSPS) is 25.2. The van der Waals surface area contributed by atoms with E-state index in [9.17, 15) is 0 Å². The molecule has 1 heterocycles. The average molecular weight is 456 g/mol. The molecule has 0 N–H and O–H groups in total. The first-order valence-corrected chi connectivity index (χ1v) is 13.1. The number of rotatable bonds is 2. The van der Waals surface area contributed by atoms with E-state index in [1.54, 1.807) is 0 Å². The lowest BCUT2D eigenvalue weighted by atomic mass is 9.80. The van der Waals surface area contributed by atoms with Gasteiger partial charge in [0.2, 0.25) is 0 Å². The van der Waals surface area contributed by atoms with Crippen molar-refractivity contribution in [2.45, 2.75) is 57.4 Å². The summed E-state index contributed by atoms with van der Waals surface area (Å²) in [5.41, 5.74) is 12.7. The third kappa shape index (κ3) is 2.70. The molecule has 4 aromatic carbocycles. The van der Waals surface area contributed by atoms with Crippen molar-refractivity contribution in [3.8, 4) is 22.3 Å². The first-order valence-electron chi connectivity index (χ1n) is 13.1. The van der Waals surface area contributed by atoms with Crippen LogP contribution in [0.5, 0.6) is 0 Å². The number of anilines is 2. The van der Waals surface area contributed by atoms with Crippen molar-refractivity contribution in [1.82, 2.24) is 0 Å². The Morgan fingerprint density at radius 1 is 0.686 bits per heavy atom. The van der Waals surface area contributed by atoms with Gasteiger partial charge in [0, 0.05) is 22.7 Å². The lowest BCUT2D eigenvalue weighted by molar-refractivity contribution is 0.355. The van der Waals surface area contributed by atoms with Crippen molar-refractivity contribution in [3.05, 3.63) is 108 Å². The molecule has 0 radical (unpaired) electrons. The molecule has 3 unspecified atom stereocenters. The SMILES string of the molecule is CC1CCC2c3cc(-c4ccc5c(c4)C(C)(C)c4ccccc4-5)ccc3N(c3ccccc3)C12C. The Hall–Kier alpha value is -3.32. The lowest BCUT2D eigenvalue weighted by Crippen LogP contribution is -2.45. The van der Waals surface area contributed by atoms with Gasteiger partial charge in [-0.05, 0) is 95.0 Å². The van der Waals surface area contributed by atoms with Gasteiger partial charge in [-0.2, -0.15) is 0 Å². The van der Waals surface area contributed by atoms with Gasteiger partial charge in [0.25, 0.3) is 0 Å². The van der Waals surface area contributed by atoms with E-state index in [4.69, 9.17) is 0 Å². The molecule has 1 saturated carbocycles. The molecular formula is C34H33N. The standard InChI is InChI=1S/C34H33N/c1-22-14-18-30-28-20-23(16-19-32(28)35(34(22,30)4)25-10-6-5-7-11-25)24-15-17-27-26-12-8-9-13-29(26)33(2,3)31(27)21-24/h5-13,15-17,19-22,30H,14,18H2,1-4H3. The maximum Gasteiger partial charge on any atom is 0.0518 e. The van der Waals surface area contributed by atoms with E-state index in [1.165, 1.54) is 63.2 Å². The van der Waals surface area contributed by atoms with Crippen LogP contribution in [0.4, 0.5) is 11.4 Å². The molecule has 3 aliphatic rings. The predicted molar refractivity (Wildman–Crippen MR) is 148 cm³/mol. The monoisotopic (exact) mass is 455 g/mol. The number of nitrogens with zero attached hydrogens (tertiary/aromatic N) is 1. The van der Waals surface area contributed by atoms with Crippen molar-refractivity contribution in [2.24, 2.45) is 5.92 Å². The quantitative estimate of drug-likeness (QED) is 0.291. The maximum absolute atomic E-state index is 2.65. The second-order valence-electron chi connectivity index (χ2n) is 11.6. The van der Waals surface area contributed by atoms with E-state index >= 15 is 0 Å². The minimum atomic E-state index is 0.0300. The Labute approximate surface area is 209 Å². The highest BCUT2D eigenvalue weighted by atomic mass is 15.2. The van der Waals surface area contributed by atoms with Gasteiger partial charge in [0.1, 0.15) is 0 Å². The van der Waals surface area contributed by atoms with Crippen molar-refractivity contribution < 1.29 is 0 Å². The van der Waals surface area contributed by atoms with Gasteiger partial charge in [0.15, 0.2) is 0 Å². The summed E-state index contributed by atoms with van der Waals surface area (Å²) < 4.78 is 0. The largest absolute Gasteiger partial charge is 0.334 e. The first kappa shape index (κ1) is 21.0. The topological polar surface area (TPSA) is 3.24 Å². The number of benzene rings is 4. The fourth-order valence-electron chi connectivity index (χ4n) is 7.55. The molecule has 0 saturated heterocycles. The molecule has 1 fully saturated rings. The lowest BCUT2D eigenvalue weighted by Gasteiger charge is -2.41. The molecule has 1 heteroatoms. The molecular weight excluding hydrogens is 422 g/mol. The van der Waals surface area contributed by atoms with Gasteiger partial charge in [-0.1, -0.05) is 81.4 Å². The summed E-state index contributed by atoms with van der Waals surface area (Å²) in [5, 5.41) is 0. The van der Waals surface area contributed by atoms with Crippen LogP contribution >= 0.6 is 0 Å². The number of para-hydroxylation sites is 1. The Balaban J connectivity index is 1.36. The summed E-state index contributed by atoms with van der Waals surface area (Å²) in [4.78, 5) is 2.65. The summed E-state index contributed by atoms with van der Waals surface area (Å²) in [6.45, 7) is 9.68. The van der Waals surface area contributed by atoms with Crippen molar-refractivity contribution in [2.75, 3.05) is 4.90 Å². The van der Waals surface area contributed by atoms with Crippen LogP contribution in [0, 0.1) is 5.92 Å². The molecule has 1 aliphatic heterocycles. The van der Waals surface area contributed by atoms with E-state index < -0.39 is 0 Å². The summed E-state index contributed by atoms with van der Waals surface area (Å²) in [5.74, 6) is 1.23. The van der Waals surface area contributed by atoms with Crippen LogP contribution in [0.25, 0.3) is 22.3 Å². The van der Waals surface area contributed by atoms with Gasteiger partial charge < -0.3 is 4.90 Å². The molecule has 3 atom stereocenters. The predicted octanol–water partition coefficient (Wildman–Crippen LogP) is 9.08. The third-order valence-electron chi connectivity index (χ3n) is 9.65. The highest BCUT2D eigenvalue weighted by Gasteiger charge is 2.55. The molecule has 4 aromatic rings. The highest BCUT2D eigenvalue weighted by molar-refractivity contribution is 5.85. The molecule has 0 amide bonds. The van der Waals surface area contributed by atoms with Crippen LogP contribution < -0.4 is 4.90 Å². The highest BCUT2D eigenvalue weighted by Crippen LogP contribution is 2.61. The molecule has 2 aliphatic carbocycles. The van der Waals surface area contributed by atoms with Crippen LogP contribution in [0.1, 0.15) is 63.1 Å². The first-order chi connectivity index (χ1) is 16.9. The van der Waals surface area contributed by atoms with E-state index in [0.717, 1.165) is 0 Å².